The zero-order chi connectivity index (χ0) is 26.0. The Hall–Kier alpha value is -2.41. The molecule has 0 bridgehead atoms. The molecule has 188 valence electrons. The highest BCUT2D eigenvalue weighted by Crippen LogP contribution is 2.23. The van der Waals surface area contributed by atoms with Gasteiger partial charge in [0.25, 0.3) is 0 Å². The fraction of sp³-hybridized carbons (Fsp3) is 0.485. The highest BCUT2D eigenvalue weighted by Gasteiger charge is 2.14. The minimum absolute atomic E-state index is 0.0692. The monoisotopic (exact) mass is 461 g/mol. The lowest BCUT2D eigenvalue weighted by Gasteiger charge is -2.17. The van der Waals surface area contributed by atoms with Crippen molar-refractivity contribution in [3.8, 4) is 0 Å². The first-order valence-corrected chi connectivity index (χ1v) is 13.1. The van der Waals surface area contributed by atoms with Gasteiger partial charge in [0.05, 0.1) is 11.8 Å². The second kappa shape index (κ2) is 18.0. The first-order chi connectivity index (χ1) is 16.2. The summed E-state index contributed by atoms with van der Waals surface area (Å²) < 4.78 is 0. The molecule has 0 spiro atoms. The van der Waals surface area contributed by atoms with E-state index in [2.05, 4.69) is 116 Å². The number of hydrogen-bond acceptors (Lipinski definition) is 1. The van der Waals surface area contributed by atoms with E-state index in [9.17, 15) is 0 Å². The van der Waals surface area contributed by atoms with Crippen LogP contribution < -0.4 is 0 Å². The van der Waals surface area contributed by atoms with E-state index in [0.717, 1.165) is 31.4 Å². The van der Waals surface area contributed by atoms with Gasteiger partial charge in [0.1, 0.15) is 0 Å². The van der Waals surface area contributed by atoms with Gasteiger partial charge in [-0.2, -0.15) is 0 Å². The van der Waals surface area contributed by atoms with Crippen molar-refractivity contribution in [3.05, 3.63) is 95.7 Å². The molecule has 2 aliphatic carbocycles. The summed E-state index contributed by atoms with van der Waals surface area (Å²) in [6.07, 6.45) is 29.1. The smallest absolute Gasteiger partial charge is 0.0725 e. The lowest BCUT2D eigenvalue weighted by Crippen LogP contribution is -2.13. The molecule has 0 aliphatic heterocycles. The van der Waals surface area contributed by atoms with Crippen molar-refractivity contribution in [2.24, 2.45) is 10.4 Å². The minimum atomic E-state index is 0.0692. The van der Waals surface area contributed by atoms with Crippen LogP contribution in [0.15, 0.2) is 101 Å². The Kier molecular flexibility index (Phi) is 16.7. The lowest BCUT2D eigenvalue weighted by atomic mass is 9.94. The van der Waals surface area contributed by atoms with Crippen molar-refractivity contribution < 1.29 is 0 Å². The first kappa shape index (κ1) is 31.6. The van der Waals surface area contributed by atoms with Crippen molar-refractivity contribution in [3.63, 3.8) is 0 Å². The van der Waals surface area contributed by atoms with Crippen LogP contribution >= 0.6 is 0 Å². The molecule has 0 amide bonds. The fourth-order valence-corrected chi connectivity index (χ4v) is 3.13. The van der Waals surface area contributed by atoms with Gasteiger partial charge in [-0.25, -0.2) is 0 Å². The normalized spacial score (nSPS) is 17.4. The molecule has 1 atom stereocenters. The Bertz CT molecular complexity index is 841. The molecule has 0 aromatic heterocycles. The third-order valence-corrected chi connectivity index (χ3v) is 5.67. The van der Waals surface area contributed by atoms with Crippen molar-refractivity contribution in [2.45, 2.75) is 100 Å². The van der Waals surface area contributed by atoms with Gasteiger partial charge in [0.2, 0.25) is 0 Å². The van der Waals surface area contributed by atoms with Crippen LogP contribution in [0.4, 0.5) is 0 Å². The summed E-state index contributed by atoms with van der Waals surface area (Å²) in [5.74, 6) is 0. The highest BCUT2D eigenvalue weighted by molar-refractivity contribution is 6.14. The van der Waals surface area contributed by atoms with E-state index in [0.29, 0.717) is 5.41 Å². The number of aliphatic imine (C=N–C) groups is 1. The molecule has 0 fully saturated rings. The Labute approximate surface area is 212 Å². The summed E-state index contributed by atoms with van der Waals surface area (Å²) in [4.78, 5) is 5.13. The molecule has 0 saturated carbocycles. The predicted molar refractivity (Wildman–Crippen MR) is 158 cm³/mol. The Balaban J connectivity index is 0.00000118. The molecule has 2 aliphatic rings. The van der Waals surface area contributed by atoms with E-state index in [1.54, 1.807) is 0 Å². The van der Waals surface area contributed by atoms with Gasteiger partial charge >= 0.3 is 0 Å². The third kappa shape index (κ3) is 13.3. The SMILES string of the molecule is C=CC(CC1=CC=C(C)CC=C1)N=C(C1=CC=CCC1)C(/C=C\C)=C/C.CC.CCC(C)(C)C. The van der Waals surface area contributed by atoms with Crippen LogP contribution in [0.5, 0.6) is 0 Å². The zero-order valence-corrected chi connectivity index (χ0v) is 23.6. The van der Waals surface area contributed by atoms with Gasteiger partial charge < -0.3 is 0 Å². The minimum Gasteiger partial charge on any atom is -0.277 e. The maximum absolute atomic E-state index is 5.13. The summed E-state index contributed by atoms with van der Waals surface area (Å²) in [7, 11) is 0. The van der Waals surface area contributed by atoms with Crippen LogP contribution in [0.25, 0.3) is 0 Å². The number of allylic oxidation sites excluding steroid dienone is 13. The summed E-state index contributed by atoms with van der Waals surface area (Å²) in [5, 5.41) is 0. The average Bonchev–Trinajstić information content (AvgIpc) is 3.06. The maximum Gasteiger partial charge on any atom is 0.0725 e. The molecule has 2 rings (SSSR count). The molecule has 1 nitrogen and oxygen atoms in total. The number of hydrogen-bond donors (Lipinski definition) is 0. The summed E-state index contributed by atoms with van der Waals surface area (Å²) in [6.45, 7) is 23.3. The van der Waals surface area contributed by atoms with E-state index >= 15 is 0 Å². The number of rotatable bonds is 7. The molecule has 0 radical (unpaired) electrons. The van der Waals surface area contributed by atoms with Crippen molar-refractivity contribution in [1.82, 2.24) is 0 Å². The van der Waals surface area contributed by atoms with Crippen molar-refractivity contribution >= 4 is 5.71 Å². The molecule has 0 N–H and O–H groups in total. The maximum atomic E-state index is 5.13. The quantitative estimate of drug-likeness (QED) is 0.203. The first-order valence-electron chi connectivity index (χ1n) is 13.1. The van der Waals surface area contributed by atoms with Crippen molar-refractivity contribution in [1.29, 1.82) is 0 Å². The fourth-order valence-electron chi connectivity index (χ4n) is 3.13. The Morgan fingerprint density at radius 3 is 2.29 bits per heavy atom. The summed E-state index contributed by atoms with van der Waals surface area (Å²) in [5.41, 5.74) is 6.83. The van der Waals surface area contributed by atoms with E-state index in [4.69, 9.17) is 4.99 Å². The van der Waals surface area contributed by atoms with Gasteiger partial charge in [0, 0.05) is 0 Å². The second-order valence-corrected chi connectivity index (χ2v) is 9.66. The molecular weight excluding hydrogens is 410 g/mol. The average molecular weight is 462 g/mol. The molecule has 0 aromatic rings. The van der Waals surface area contributed by atoms with Crippen LogP contribution in [-0.2, 0) is 0 Å². The topological polar surface area (TPSA) is 12.4 Å². The largest absolute Gasteiger partial charge is 0.277 e. The Morgan fingerprint density at radius 1 is 1.12 bits per heavy atom. The molecule has 1 heteroatoms. The van der Waals surface area contributed by atoms with E-state index < -0.39 is 0 Å². The number of nitrogens with zero attached hydrogens (tertiary/aromatic N) is 1. The molecular formula is C33H51N. The predicted octanol–water partition coefficient (Wildman–Crippen LogP) is 10.5. The highest BCUT2D eigenvalue weighted by atomic mass is 14.8. The molecule has 1 unspecified atom stereocenters. The van der Waals surface area contributed by atoms with Crippen LogP contribution in [0.1, 0.15) is 94.4 Å². The molecule has 0 aromatic carbocycles. The second-order valence-electron chi connectivity index (χ2n) is 9.66. The van der Waals surface area contributed by atoms with Gasteiger partial charge in [0.15, 0.2) is 0 Å². The summed E-state index contributed by atoms with van der Waals surface area (Å²) in [6, 6.07) is 0.0692. The summed E-state index contributed by atoms with van der Waals surface area (Å²) >= 11 is 0. The van der Waals surface area contributed by atoms with Gasteiger partial charge in [-0.3, -0.25) is 4.99 Å². The zero-order valence-electron chi connectivity index (χ0n) is 23.6. The molecule has 0 saturated heterocycles. The van der Waals surface area contributed by atoms with Crippen LogP contribution in [0.2, 0.25) is 0 Å². The van der Waals surface area contributed by atoms with E-state index in [-0.39, 0.29) is 6.04 Å². The van der Waals surface area contributed by atoms with Crippen LogP contribution in [0.3, 0.4) is 0 Å². The van der Waals surface area contributed by atoms with Gasteiger partial charge in [-0.1, -0.05) is 120 Å². The van der Waals surface area contributed by atoms with Crippen LogP contribution in [0, 0.1) is 5.41 Å². The standard InChI is InChI=1S/C25H31N.C6H14.C2H6/c1-5-12-22(6-2)25(23-15-9-8-10-16-23)26-24(7-3)19-21-14-11-13-20(4)17-18-21;1-5-6(2,3)4;1-2/h5-9,11-12,14-15,17-18,24H,3,10,13,16,19H2,1-2,4H3;5H2,1-4H3;1-2H3/b12-5-,22-6+,26-25?;;. The van der Waals surface area contributed by atoms with Crippen LogP contribution in [-0.4, -0.2) is 11.8 Å². The van der Waals surface area contributed by atoms with E-state index in [1.165, 1.54) is 28.7 Å². The third-order valence-electron chi connectivity index (χ3n) is 5.67. The van der Waals surface area contributed by atoms with Gasteiger partial charge in [-0.15, -0.1) is 6.58 Å². The molecule has 0 heterocycles. The Morgan fingerprint density at radius 2 is 1.79 bits per heavy atom. The van der Waals surface area contributed by atoms with E-state index in [1.807, 2.05) is 19.9 Å². The molecule has 34 heavy (non-hydrogen) atoms. The van der Waals surface area contributed by atoms with Gasteiger partial charge in [-0.05, 0) is 68.6 Å². The van der Waals surface area contributed by atoms with Crippen molar-refractivity contribution in [2.75, 3.05) is 0 Å². The lowest BCUT2D eigenvalue weighted by molar-refractivity contribution is 0.398.